The number of rotatable bonds is 5. The van der Waals surface area contributed by atoms with Gasteiger partial charge >= 0.3 is 0 Å². The fraction of sp³-hybridized carbons (Fsp3) is 0.476. The fourth-order valence-electron chi connectivity index (χ4n) is 4.04. The highest BCUT2D eigenvalue weighted by Gasteiger charge is 2.32. The minimum absolute atomic E-state index is 0.00959. The van der Waals surface area contributed by atoms with Crippen LogP contribution in [0.25, 0.3) is 0 Å². The predicted molar refractivity (Wildman–Crippen MR) is 102 cm³/mol. The molecule has 2 aliphatic heterocycles. The smallest absolute Gasteiger partial charge is 0.223 e. The highest BCUT2D eigenvalue weighted by atomic mass is 16.5. The number of nitrogens with one attached hydrogen (secondary N) is 1. The summed E-state index contributed by atoms with van der Waals surface area (Å²) in [6, 6.07) is 7.90. The van der Waals surface area contributed by atoms with E-state index in [1.807, 2.05) is 35.4 Å². The minimum Gasteiger partial charge on any atom is -0.496 e. The molecule has 2 aliphatic rings. The molecule has 0 bridgehead atoms. The number of amides is 1. The molecular weight excluding hydrogens is 340 g/mol. The second kappa shape index (κ2) is 8.05. The van der Waals surface area contributed by atoms with Crippen LogP contribution in [0.2, 0.25) is 0 Å². The number of benzene rings is 1. The van der Waals surface area contributed by atoms with Gasteiger partial charge in [-0.05, 0) is 30.9 Å². The third kappa shape index (κ3) is 3.81. The Morgan fingerprint density at radius 1 is 1.37 bits per heavy atom. The summed E-state index contributed by atoms with van der Waals surface area (Å²) in [4.78, 5) is 24.3. The molecule has 0 unspecified atom stereocenters. The monoisotopic (exact) mass is 366 g/mol. The van der Waals surface area contributed by atoms with Gasteiger partial charge in [0.2, 0.25) is 5.91 Å². The first-order chi connectivity index (χ1) is 13.3. The van der Waals surface area contributed by atoms with Crippen molar-refractivity contribution in [2.75, 3.05) is 20.2 Å². The number of methoxy groups -OCH3 is 1. The summed E-state index contributed by atoms with van der Waals surface area (Å²) in [6.07, 6.45) is 5.97. The van der Waals surface area contributed by atoms with Crippen LogP contribution in [0, 0.1) is 0 Å². The van der Waals surface area contributed by atoms with Gasteiger partial charge in [-0.1, -0.05) is 18.2 Å². The Kier molecular flexibility index (Phi) is 5.34. The van der Waals surface area contributed by atoms with Crippen LogP contribution in [0.5, 0.6) is 5.75 Å². The lowest BCUT2D eigenvalue weighted by Crippen LogP contribution is -2.32. The van der Waals surface area contributed by atoms with Gasteiger partial charge < -0.3 is 15.0 Å². The number of aromatic nitrogens is 2. The van der Waals surface area contributed by atoms with Crippen molar-refractivity contribution in [1.29, 1.82) is 0 Å². The van der Waals surface area contributed by atoms with Crippen molar-refractivity contribution >= 4 is 5.91 Å². The lowest BCUT2D eigenvalue weighted by atomic mass is 10.1. The summed E-state index contributed by atoms with van der Waals surface area (Å²) in [5.74, 6) is 1.82. The van der Waals surface area contributed by atoms with Crippen LogP contribution in [-0.2, 0) is 24.2 Å². The van der Waals surface area contributed by atoms with E-state index in [-0.39, 0.29) is 11.9 Å². The number of hydrogen-bond donors (Lipinski definition) is 1. The number of ether oxygens (including phenoxy) is 1. The summed E-state index contributed by atoms with van der Waals surface area (Å²) in [7, 11) is 1.67. The quantitative estimate of drug-likeness (QED) is 0.880. The second-order valence-corrected chi connectivity index (χ2v) is 7.18. The van der Waals surface area contributed by atoms with Gasteiger partial charge in [-0.2, -0.15) is 0 Å². The Labute approximate surface area is 160 Å². The van der Waals surface area contributed by atoms with E-state index in [4.69, 9.17) is 9.72 Å². The average molecular weight is 366 g/mol. The number of carbonyl (C=O) groups is 1. The topological polar surface area (TPSA) is 67.3 Å². The molecule has 0 saturated carbocycles. The molecule has 0 aliphatic carbocycles. The second-order valence-electron chi connectivity index (χ2n) is 7.18. The van der Waals surface area contributed by atoms with Crippen molar-refractivity contribution in [3.8, 4) is 5.75 Å². The van der Waals surface area contributed by atoms with Crippen LogP contribution in [0.15, 0.2) is 30.5 Å². The molecule has 0 radical (unpaired) electrons. The lowest BCUT2D eigenvalue weighted by molar-refractivity contribution is -0.132. The first kappa shape index (κ1) is 17.9. The van der Waals surface area contributed by atoms with E-state index in [1.54, 1.807) is 7.11 Å². The van der Waals surface area contributed by atoms with Gasteiger partial charge in [0.1, 0.15) is 5.75 Å². The van der Waals surface area contributed by atoms with Crippen LogP contribution < -0.4 is 10.1 Å². The predicted octanol–water partition coefficient (Wildman–Crippen LogP) is 2.43. The van der Waals surface area contributed by atoms with Crippen LogP contribution in [0.1, 0.15) is 47.9 Å². The van der Waals surface area contributed by atoms with Crippen molar-refractivity contribution < 1.29 is 9.53 Å². The Balaban J connectivity index is 1.45. The van der Waals surface area contributed by atoms with Gasteiger partial charge in [-0.3, -0.25) is 4.79 Å². The number of carbonyl (C=O) groups excluding carboxylic acids is 1. The molecule has 2 aromatic rings. The molecule has 1 fully saturated rings. The van der Waals surface area contributed by atoms with Gasteiger partial charge in [-0.25, -0.2) is 9.97 Å². The molecule has 4 rings (SSSR count). The van der Waals surface area contributed by atoms with Gasteiger partial charge in [-0.15, -0.1) is 0 Å². The normalized spacial score (nSPS) is 19.0. The van der Waals surface area contributed by atoms with E-state index in [0.717, 1.165) is 61.7 Å². The zero-order valence-corrected chi connectivity index (χ0v) is 15.8. The number of aryl methyl sites for hydroxylation is 1. The molecule has 1 aromatic carbocycles. The average Bonchev–Trinajstić information content (AvgIpc) is 3.22. The number of para-hydroxylation sites is 1. The van der Waals surface area contributed by atoms with E-state index in [2.05, 4.69) is 10.3 Å². The highest BCUT2D eigenvalue weighted by molar-refractivity contribution is 5.77. The molecule has 1 atom stereocenters. The van der Waals surface area contributed by atoms with Crippen molar-refractivity contribution in [3.05, 3.63) is 53.1 Å². The maximum Gasteiger partial charge on any atom is 0.223 e. The van der Waals surface area contributed by atoms with E-state index in [1.165, 1.54) is 5.56 Å². The van der Waals surface area contributed by atoms with Crippen molar-refractivity contribution in [2.45, 2.75) is 44.7 Å². The SMILES string of the molecule is COc1ccccc1CCC(=O)N1CCC[C@@H]1c1ncc2c(n1)CCNC2. The molecule has 27 heavy (non-hydrogen) atoms. The van der Waals surface area contributed by atoms with Crippen LogP contribution in [0.4, 0.5) is 0 Å². The Hall–Kier alpha value is -2.47. The molecule has 3 heterocycles. The summed E-state index contributed by atoms with van der Waals surface area (Å²) >= 11 is 0. The molecule has 1 saturated heterocycles. The number of fused-ring (bicyclic) bond motifs is 1. The fourth-order valence-corrected chi connectivity index (χ4v) is 4.04. The van der Waals surface area contributed by atoms with E-state index < -0.39 is 0 Å². The van der Waals surface area contributed by atoms with E-state index in [0.29, 0.717) is 12.8 Å². The number of nitrogens with zero attached hydrogens (tertiary/aromatic N) is 3. The summed E-state index contributed by atoms with van der Waals surface area (Å²) < 4.78 is 5.40. The Morgan fingerprint density at radius 2 is 2.26 bits per heavy atom. The first-order valence-electron chi connectivity index (χ1n) is 9.73. The number of hydrogen-bond acceptors (Lipinski definition) is 5. The summed E-state index contributed by atoms with van der Waals surface area (Å²) in [5.41, 5.74) is 3.38. The van der Waals surface area contributed by atoms with Gasteiger partial charge in [0.25, 0.3) is 0 Å². The van der Waals surface area contributed by atoms with Crippen LogP contribution >= 0.6 is 0 Å². The van der Waals surface area contributed by atoms with Gasteiger partial charge in [0.15, 0.2) is 5.82 Å². The zero-order chi connectivity index (χ0) is 18.6. The molecule has 6 heteroatoms. The van der Waals surface area contributed by atoms with Gasteiger partial charge in [0, 0.05) is 49.9 Å². The van der Waals surface area contributed by atoms with Crippen molar-refractivity contribution in [1.82, 2.24) is 20.2 Å². The standard InChI is InChI=1S/C21H26N4O2/c1-27-19-7-3-2-5-15(19)8-9-20(26)25-12-4-6-18(25)21-23-14-16-13-22-11-10-17(16)24-21/h2-3,5,7,14,18,22H,4,6,8-13H2,1H3/t18-/m1/s1. The molecule has 1 N–H and O–H groups in total. The summed E-state index contributed by atoms with van der Waals surface area (Å²) in [5, 5.41) is 3.34. The van der Waals surface area contributed by atoms with Crippen molar-refractivity contribution in [2.24, 2.45) is 0 Å². The molecule has 1 amide bonds. The lowest BCUT2D eigenvalue weighted by Gasteiger charge is -2.25. The van der Waals surface area contributed by atoms with Gasteiger partial charge in [0.05, 0.1) is 13.2 Å². The molecule has 142 valence electrons. The molecule has 1 aromatic heterocycles. The summed E-state index contributed by atoms with van der Waals surface area (Å²) in [6.45, 7) is 2.58. The largest absolute Gasteiger partial charge is 0.496 e. The third-order valence-corrected chi connectivity index (χ3v) is 5.50. The van der Waals surface area contributed by atoms with E-state index >= 15 is 0 Å². The highest BCUT2D eigenvalue weighted by Crippen LogP contribution is 2.31. The Morgan fingerprint density at radius 3 is 3.15 bits per heavy atom. The molecule has 0 spiro atoms. The Bertz CT molecular complexity index is 824. The molecular formula is C21H26N4O2. The van der Waals surface area contributed by atoms with E-state index in [9.17, 15) is 4.79 Å². The van der Waals surface area contributed by atoms with Crippen LogP contribution in [0.3, 0.4) is 0 Å². The zero-order valence-electron chi connectivity index (χ0n) is 15.8. The maximum absolute atomic E-state index is 12.9. The van der Waals surface area contributed by atoms with Crippen molar-refractivity contribution in [3.63, 3.8) is 0 Å². The van der Waals surface area contributed by atoms with Crippen LogP contribution in [-0.4, -0.2) is 41.0 Å². The number of likely N-dealkylation sites (tertiary alicyclic amines) is 1. The molecule has 6 nitrogen and oxygen atoms in total. The first-order valence-corrected chi connectivity index (χ1v) is 9.73. The maximum atomic E-state index is 12.9. The minimum atomic E-state index is 0.00959. The third-order valence-electron chi connectivity index (χ3n) is 5.50.